The molecular weight excluding hydrogens is 362 g/mol. The van der Waals surface area contributed by atoms with Gasteiger partial charge < -0.3 is 14.0 Å². The summed E-state index contributed by atoms with van der Waals surface area (Å²) in [7, 11) is 4.65. The van der Waals surface area contributed by atoms with Gasteiger partial charge in [-0.3, -0.25) is 4.79 Å². The molecule has 150 valence electrons. The highest BCUT2D eigenvalue weighted by Gasteiger charge is 2.97. The van der Waals surface area contributed by atoms with Gasteiger partial charge in [0, 0.05) is 12.8 Å². The van der Waals surface area contributed by atoms with Gasteiger partial charge in [0.1, 0.15) is 29.7 Å². The normalized spacial score (nSPS) is 38.0. The molecule has 1 aliphatic carbocycles. The number of carbonyl (C=O) groups excluding carboxylic acids is 1. The summed E-state index contributed by atoms with van der Waals surface area (Å²) < 4.78 is 13.3. The summed E-state index contributed by atoms with van der Waals surface area (Å²) in [5.41, 5.74) is 1.25. The van der Waals surface area contributed by atoms with Crippen LogP contribution in [0.15, 0.2) is 60.7 Å². The van der Waals surface area contributed by atoms with Crippen LogP contribution in [0.1, 0.15) is 30.9 Å². The molecule has 2 unspecified atom stereocenters. The van der Waals surface area contributed by atoms with E-state index in [0.717, 1.165) is 28.5 Å². The molecule has 0 amide bonds. The lowest BCUT2D eigenvalue weighted by Gasteiger charge is -2.45. The third-order valence-electron chi connectivity index (χ3n) is 8.42. The van der Waals surface area contributed by atoms with Crippen LogP contribution in [0.4, 0.5) is 0 Å². The number of hydrogen-bond acceptors (Lipinski definition) is 3. The molecule has 0 radical (unpaired) electrons. The minimum atomic E-state index is -0.816. The Kier molecular flexibility index (Phi) is 3.35. The van der Waals surface area contributed by atoms with E-state index in [-0.39, 0.29) is 17.7 Å². The van der Waals surface area contributed by atoms with Crippen LogP contribution in [0, 0.1) is 5.92 Å². The monoisotopic (exact) mass is 390 g/mol. The number of esters is 1. The number of quaternary nitrogens is 1. The molecule has 3 heterocycles. The van der Waals surface area contributed by atoms with Gasteiger partial charge >= 0.3 is 5.97 Å². The first-order valence-corrected chi connectivity index (χ1v) is 10.7. The third-order valence-corrected chi connectivity index (χ3v) is 8.42. The Labute approximate surface area is 172 Å². The summed E-state index contributed by atoms with van der Waals surface area (Å²) in [6.07, 6.45) is 2.32. The van der Waals surface area contributed by atoms with Crippen LogP contribution in [-0.2, 0) is 19.7 Å². The van der Waals surface area contributed by atoms with Gasteiger partial charge in [0.05, 0.1) is 20.0 Å². The van der Waals surface area contributed by atoms with E-state index >= 15 is 0 Å². The maximum atomic E-state index is 13.7. The van der Waals surface area contributed by atoms with Gasteiger partial charge in [-0.1, -0.05) is 60.7 Å². The largest absolute Gasteiger partial charge is 0.461 e. The molecule has 3 aliphatic heterocycles. The summed E-state index contributed by atoms with van der Waals surface area (Å²) >= 11 is 0. The van der Waals surface area contributed by atoms with Crippen molar-refractivity contribution in [3.8, 4) is 0 Å². The van der Waals surface area contributed by atoms with Crippen molar-refractivity contribution < 1.29 is 18.8 Å². The van der Waals surface area contributed by atoms with Crippen molar-refractivity contribution in [1.82, 2.24) is 0 Å². The Hall–Kier alpha value is -2.17. The van der Waals surface area contributed by atoms with Crippen molar-refractivity contribution >= 4 is 5.97 Å². The molecule has 3 saturated heterocycles. The SMILES string of the molecule is CC(C(=O)O[C@H]1CC2C3[C@@H]4O[C@]34[C@H](C1)[N+]2(C)C)(c1ccccc1)c1ccccc1. The maximum absolute atomic E-state index is 13.7. The molecule has 0 aromatic heterocycles. The Balaban J connectivity index is 1.29. The second-order valence-electron chi connectivity index (χ2n) is 9.99. The number of benzene rings is 2. The summed E-state index contributed by atoms with van der Waals surface area (Å²) in [5, 5.41) is 0. The second kappa shape index (κ2) is 5.50. The van der Waals surface area contributed by atoms with Gasteiger partial charge in [0.25, 0.3) is 0 Å². The molecule has 2 aromatic carbocycles. The summed E-state index contributed by atoms with van der Waals surface area (Å²) in [4.78, 5) is 13.7. The van der Waals surface area contributed by atoms with Gasteiger partial charge in [0.15, 0.2) is 5.60 Å². The average molecular weight is 391 g/mol. The highest BCUT2D eigenvalue weighted by atomic mass is 16.7. The fraction of sp³-hybridized carbons (Fsp3) is 0.480. The number of carbonyl (C=O) groups is 1. The first-order valence-electron chi connectivity index (χ1n) is 10.7. The molecular formula is C25H28NO3+. The summed E-state index contributed by atoms with van der Waals surface area (Å²) in [6.45, 7) is 1.99. The molecule has 2 bridgehead atoms. The van der Waals surface area contributed by atoms with Crippen LogP contribution in [0.2, 0.25) is 0 Å². The van der Waals surface area contributed by atoms with E-state index in [4.69, 9.17) is 9.47 Å². The van der Waals surface area contributed by atoms with E-state index in [9.17, 15) is 4.79 Å². The highest BCUT2D eigenvalue weighted by Crippen LogP contribution is 2.77. The fourth-order valence-electron chi connectivity index (χ4n) is 6.60. The van der Waals surface area contributed by atoms with Crippen molar-refractivity contribution in [2.45, 2.75) is 55.1 Å². The number of nitrogens with zero attached hydrogens (tertiary/aromatic N) is 1. The zero-order valence-electron chi connectivity index (χ0n) is 17.2. The molecule has 2 aromatic rings. The maximum Gasteiger partial charge on any atom is 0.321 e. The van der Waals surface area contributed by atoms with Crippen LogP contribution >= 0.6 is 0 Å². The van der Waals surface area contributed by atoms with E-state index in [0.29, 0.717) is 24.1 Å². The Morgan fingerprint density at radius 1 is 1.03 bits per heavy atom. The van der Waals surface area contributed by atoms with Crippen molar-refractivity contribution in [2.24, 2.45) is 5.92 Å². The van der Waals surface area contributed by atoms with E-state index in [1.807, 2.05) is 67.6 Å². The lowest BCUT2D eigenvalue weighted by Crippen LogP contribution is -2.60. The molecule has 6 atom stereocenters. The average Bonchev–Trinajstić information content (AvgIpc) is 3.60. The van der Waals surface area contributed by atoms with Gasteiger partial charge in [-0.15, -0.1) is 0 Å². The van der Waals surface area contributed by atoms with Crippen molar-refractivity contribution in [1.29, 1.82) is 0 Å². The van der Waals surface area contributed by atoms with E-state index in [1.165, 1.54) is 0 Å². The minimum Gasteiger partial charge on any atom is -0.461 e. The molecule has 1 saturated carbocycles. The van der Waals surface area contributed by atoms with Crippen LogP contribution in [0.25, 0.3) is 0 Å². The van der Waals surface area contributed by atoms with E-state index in [1.54, 1.807) is 0 Å². The van der Waals surface area contributed by atoms with Crippen LogP contribution in [-0.4, -0.2) is 54.4 Å². The molecule has 4 heteroatoms. The first kappa shape index (κ1) is 17.7. The molecule has 4 fully saturated rings. The van der Waals surface area contributed by atoms with Gasteiger partial charge in [0.2, 0.25) is 0 Å². The quantitative estimate of drug-likeness (QED) is 0.457. The number of piperidine rings is 2. The number of ether oxygens (including phenoxy) is 2. The van der Waals surface area contributed by atoms with Gasteiger partial charge in [-0.05, 0) is 18.1 Å². The number of hydrogen-bond donors (Lipinski definition) is 0. The lowest BCUT2D eigenvalue weighted by molar-refractivity contribution is -0.936. The molecule has 6 rings (SSSR count). The second-order valence-corrected chi connectivity index (χ2v) is 9.99. The standard InChI is InChI=1S/C25H28NO3/c1-24(16-10-6-4-7-11-16,17-12-8-5-9-13-17)23(27)28-18-14-19-21-22-25(21,29-22)20(15-18)26(19,2)3/h4-13,18-22H,14-15H2,1-3H3/q+1/t18-,19?,20-,21?,22-,25+/m0/s1. The number of rotatable bonds is 4. The summed E-state index contributed by atoms with van der Waals surface area (Å²) in [6, 6.07) is 21.0. The molecule has 4 aliphatic rings. The molecule has 1 spiro atoms. The van der Waals surface area contributed by atoms with Crippen molar-refractivity contribution in [2.75, 3.05) is 14.1 Å². The van der Waals surface area contributed by atoms with Crippen molar-refractivity contribution in [3.63, 3.8) is 0 Å². The predicted molar refractivity (Wildman–Crippen MR) is 109 cm³/mol. The van der Waals surface area contributed by atoms with Crippen molar-refractivity contribution in [3.05, 3.63) is 71.8 Å². The fourth-order valence-corrected chi connectivity index (χ4v) is 6.60. The number of epoxide rings is 1. The van der Waals surface area contributed by atoms with Crippen LogP contribution in [0.5, 0.6) is 0 Å². The van der Waals surface area contributed by atoms with E-state index < -0.39 is 5.41 Å². The van der Waals surface area contributed by atoms with E-state index in [2.05, 4.69) is 14.1 Å². The smallest absolute Gasteiger partial charge is 0.321 e. The minimum absolute atomic E-state index is 0.0255. The van der Waals surface area contributed by atoms with Crippen LogP contribution < -0.4 is 0 Å². The zero-order valence-corrected chi connectivity index (χ0v) is 17.2. The van der Waals surface area contributed by atoms with Gasteiger partial charge in [-0.25, -0.2) is 0 Å². The Morgan fingerprint density at radius 3 is 2.14 bits per heavy atom. The topological polar surface area (TPSA) is 38.8 Å². The van der Waals surface area contributed by atoms with Gasteiger partial charge in [-0.2, -0.15) is 0 Å². The third kappa shape index (κ3) is 2.14. The lowest BCUT2D eigenvalue weighted by atomic mass is 9.76. The zero-order chi connectivity index (χ0) is 20.0. The van der Waals surface area contributed by atoms with Crippen LogP contribution in [0.3, 0.4) is 0 Å². The molecule has 0 N–H and O–H groups in total. The highest BCUT2D eigenvalue weighted by molar-refractivity contribution is 5.87. The number of likely N-dealkylation sites (N-methyl/N-ethyl adjacent to an activating group) is 1. The predicted octanol–water partition coefficient (Wildman–Crippen LogP) is 3.29. The Bertz CT molecular complexity index is 933. The molecule has 4 nitrogen and oxygen atoms in total. The first-order chi connectivity index (χ1) is 13.9. The molecule has 29 heavy (non-hydrogen) atoms. The Morgan fingerprint density at radius 2 is 1.62 bits per heavy atom. The summed E-state index contributed by atoms with van der Waals surface area (Å²) in [5.74, 6) is 0.534. The number of fused-ring (bicyclic) bond motifs is 4.